The van der Waals surface area contributed by atoms with Gasteiger partial charge in [-0.25, -0.2) is 0 Å². The highest BCUT2D eigenvalue weighted by Crippen LogP contribution is 2.24. The van der Waals surface area contributed by atoms with Gasteiger partial charge in [0, 0.05) is 0 Å². The molecule has 0 unspecified atom stereocenters. The van der Waals surface area contributed by atoms with E-state index in [-0.39, 0.29) is 24.2 Å². The zero-order valence-corrected chi connectivity index (χ0v) is 13.3. The number of benzene rings is 1. The number of nitrogens with zero attached hydrogens (tertiary/aromatic N) is 2. The molecule has 2 heterocycles. The summed E-state index contributed by atoms with van der Waals surface area (Å²) in [5.41, 5.74) is 2.03. The summed E-state index contributed by atoms with van der Waals surface area (Å²) in [5, 5.41) is 10.2. The van der Waals surface area contributed by atoms with E-state index in [0.717, 1.165) is 11.1 Å². The summed E-state index contributed by atoms with van der Waals surface area (Å²) < 4.78 is 11.2. The smallest absolute Gasteiger partial charge is 0.322 e. The Kier molecular flexibility index (Phi) is 4.06. The van der Waals surface area contributed by atoms with Crippen molar-refractivity contribution in [1.82, 2.24) is 10.2 Å². The molecule has 0 radical (unpaired) electrons. The van der Waals surface area contributed by atoms with Crippen LogP contribution >= 0.6 is 15.9 Å². The second-order valence-corrected chi connectivity index (χ2v) is 5.51. The summed E-state index contributed by atoms with van der Waals surface area (Å²) in [6.45, 7) is 1.98. The normalized spacial score (nSPS) is 10.6. The molecule has 0 bridgehead atoms. The van der Waals surface area contributed by atoms with Crippen LogP contribution in [0.25, 0.3) is 11.7 Å². The Hall–Kier alpha value is -2.41. The number of anilines is 1. The maximum atomic E-state index is 12.0. The van der Waals surface area contributed by atoms with Crippen LogP contribution in [0.3, 0.4) is 0 Å². The Morgan fingerprint density at radius 2 is 2.09 bits per heavy atom. The highest BCUT2D eigenvalue weighted by molar-refractivity contribution is 9.10. The SMILES string of the molecule is Cc1cccc(CC(=O)Nc2nnc(-c3ccc(Br)o3)o2)c1. The van der Waals surface area contributed by atoms with E-state index in [4.69, 9.17) is 8.83 Å². The highest BCUT2D eigenvalue weighted by Gasteiger charge is 2.14. The monoisotopic (exact) mass is 361 g/mol. The van der Waals surface area contributed by atoms with Crippen LogP contribution in [-0.2, 0) is 11.2 Å². The van der Waals surface area contributed by atoms with Crippen LogP contribution in [0.4, 0.5) is 6.01 Å². The second-order valence-electron chi connectivity index (χ2n) is 4.73. The lowest BCUT2D eigenvalue weighted by molar-refractivity contribution is -0.115. The minimum Gasteiger partial charge on any atom is -0.444 e. The number of halogens is 1. The van der Waals surface area contributed by atoms with Crippen LogP contribution in [0.15, 0.2) is 49.9 Å². The maximum absolute atomic E-state index is 12.0. The lowest BCUT2D eigenvalue weighted by Gasteiger charge is -2.02. The highest BCUT2D eigenvalue weighted by atomic mass is 79.9. The number of carbonyl (C=O) groups is 1. The van der Waals surface area contributed by atoms with Crippen molar-refractivity contribution >= 4 is 27.9 Å². The van der Waals surface area contributed by atoms with Gasteiger partial charge in [-0.1, -0.05) is 34.9 Å². The predicted octanol–water partition coefficient (Wildman–Crippen LogP) is 3.58. The van der Waals surface area contributed by atoms with Crippen molar-refractivity contribution in [2.75, 3.05) is 5.32 Å². The van der Waals surface area contributed by atoms with Gasteiger partial charge in [0.05, 0.1) is 6.42 Å². The van der Waals surface area contributed by atoms with Crippen molar-refractivity contribution < 1.29 is 13.6 Å². The number of rotatable bonds is 4. The average Bonchev–Trinajstić information content (AvgIpc) is 3.07. The van der Waals surface area contributed by atoms with Crippen molar-refractivity contribution in [2.45, 2.75) is 13.3 Å². The van der Waals surface area contributed by atoms with Crippen molar-refractivity contribution in [2.24, 2.45) is 0 Å². The molecular formula is C15H12BrN3O3. The first-order chi connectivity index (χ1) is 10.6. The molecule has 0 spiro atoms. The standard InChI is InChI=1S/C15H12BrN3O3/c1-9-3-2-4-10(7-9)8-13(20)17-15-19-18-14(22-15)11-5-6-12(16)21-11/h2-7H,8H2,1H3,(H,17,19,20). The van der Waals surface area contributed by atoms with E-state index in [1.165, 1.54) is 0 Å². The van der Waals surface area contributed by atoms with Gasteiger partial charge in [0.25, 0.3) is 5.89 Å². The summed E-state index contributed by atoms with van der Waals surface area (Å²) in [6, 6.07) is 11.2. The van der Waals surface area contributed by atoms with Gasteiger partial charge < -0.3 is 8.83 Å². The summed E-state index contributed by atoms with van der Waals surface area (Å²) in [4.78, 5) is 12.0. The molecule has 0 aliphatic heterocycles. The third-order valence-electron chi connectivity index (χ3n) is 2.90. The van der Waals surface area contributed by atoms with Gasteiger partial charge in [0.2, 0.25) is 5.91 Å². The predicted molar refractivity (Wildman–Crippen MR) is 83.2 cm³/mol. The zero-order chi connectivity index (χ0) is 15.5. The van der Waals surface area contributed by atoms with E-state index in [0.29, 0.717) is 10.4 Å². The first-order valence-corrected chi connectivity index (χ1v) is 7.34. The summed E-state index contributed by atoms with van der Waals surface area (Å²) >= 11 is 3.19. The number of furan rings is 1. The molecule has 6 nitrogen and oxygen atoms in total. The van der Waals surface area contributed by atoms with E-state index in [1.807, 2.05) is 31.2 Å². The number of aromatic nitrogens is 2. The molecule has 7 heteroatoms. The van der Waals surface area contributed by atoms with Crippen molar-refractivity contribution in [3.05, 3.63) is 52.2 Å². The number of hydrogen-bond donors (Lipinski definition) is 1. The molecule has 0 atom stereocenters. The van der Waals surface area contributed by atoms with Gasteiger partial charge in [0.1, 0.15) is 0 Å². The Bertz CT molecular complexity index is 810. The second kappa shape index (κ2) is 6.15. The Morgan fingerprint density at radius 3 is 2.82 bits per heavy atom. The largest absolute Gasteiger partial charge is 0.444 e. The fraction of sp³-hybridized carbons (Fsp3) is 0.133. The lowest BCUT2D eigenvalue weighted by Crippen LogP contribution is -2.14. The van der Waals surface area contributed by atoms with Crippen LogP contribution in [0, 0.1) is 6.92 Å². The van der Waals surface area contributed by atoms with Crippen LogP contribution in [-0.4, -0.2) is 16.1 Å². The minimum atomic E-state index is -0.221. The molecular weight excluding hydrogens is 350 g/mol. The maximum Gasteiger partial charge on any atom is 0.322 e. The molecule has 112 valence electrons. The minimum absolute atomic E-state index is 0.0418. The quantitative estimate of drug-likeness (QED) is 0.767. The first-order valence-electron chi connectivity index (χ1n) is 6.55. The van der Waals surface area contributed by atoms with E-state index in [1.54, 1.807) is 12.1 Å². The van der Waals surface area contributed by atoms with Crippen LogP contribution < -0.4 is 5.32 Å². The van der Waals surface area contributed by atoms with Crippen LogP contribution in [0.1, 0.15) is 11.1 Å². The molecule has 22 heavy (non-hydrogen) atoms. The van der Waals surface area contributed by atoms with Gasteiger partial charge in [-0.3, -0.25) is 10.1 Å². The van der Waals surface area contributed by atoms with E-state index < -0.39 is 0 Å². The fourth-order valence-electron chi connectivity index (χ4n) is 1.97. The molecule has 0 saturated heterocycles. The molecule has 0 aliphatic carbocycles. The molecule has 0 aliphatic rings. The molecule has 1 aromatic carbocycles. The molecule has 1 amide bonds. The third kappa shape index (κ3) is 3.43. The van der Waals surface area contributed by atoms with Gasteiger partial charge >= 0.3 is 6.01 Å². The average molecular weight is 362 g/mol. The van der Waals surface area contributed by atoms with Crippen molar-refractivity contribution in [1.29, 1.82) is 0 Å². The molecule has 2 aromatic heterocycles. The molecule has 0 saturated carbocycles. The molecule has 3 rings (SSSR count). The van der Waals surface area contributed by atoms with Gasteiger partial charge in [-0.15, -0.1) is 5.10 Å². The Morgan fingerprint density at radius 1 is 1.23 bits per heavy atom. The van der Waals surface area contributed by atoms with E-state index in [9.17, 15) is 4.79 Å². The zero-order valence-electron chi connectivity index (χ0n) is 11.7. The number of amides is 1. The molecule has 1 N–H and O–H groups in total. The number of aryl methyl sites for hydroxylation is 1. The van der Waals surface area contributed by atoms with Gasteiger partial charge in [-0.2, -0.15) is 0 Å². The first kappa shape index (κ1) is 14.5. The van der Waals surface area contributed by atoms with E-state index in [2.05, 4.69) is 31.4 Å². The number of nitrogens with one attached hydrogen (secondary N) is 1. The van der Waals surface area contributed by atoms with Gasteiger partial charge in [-0.05, 0) is 40.5 Å². The number of carbonyl (C=O) groups excluding carboxylic acids is 1. The van der Waals surface area contributed by atoms with Crippen LogP contribution in [0.2, 0.25) is 0 Å². The third-order valence-corrected chi connectivity index (χ3v) is 3.33. The fourth-order valence-corrected chi connectivity index (χ4v) is 2.28. The number of hydrogen-bond acceptors (Lipinski definition) is 5. The van der Waals surface area contributed by atoms with Crippen molar-refractivity contribution in [3.63, 3.8) is 0 Å². The summed E-state index contributed by atoms with van der Waals surface area (Å²) in [6.07, 6.45) is 0.242. The summed E-state index contributed by atoms with van der Waals surface area (Å²) in [7, 11) is 0. The van der Waals surface area contributed by atoms with Crippen LogP contribution in [0.5, 0.6) is 0 Å². The molecule has 0 fully saturated rings. The Balaban J connectivity index is 1.66. The summed E-state index contributed by atoms with van der Waals surface area (Å²) in [5.74, 6) is 0.413. The topological polar surface area (TPSA) is 81.2 Å². The van der Waals surface area contributed by atoms with Crippen molar-refractivity contribution in [3.8, 4) is 11.7 Å². The van der Waals surface area contributed by atoms with Gasteiger partial charge in [0.15, 0.2) is 10.4 Å². The van der Waals surface area contributed by atoms with E-state index >= 15 is 0 Å². The lowest BCUT2D eigenvalue weighted by atomic mass is 10.1. The molecule has 3 aromatic rings. The Labute approximate surface area is 134 Å².